The second kappa shape index (κ2) is 6.95. The second-order valence-electron chi connectivity index (χ2n) is 6.23. The van der Waals surface area contributed by atoms with Gasteiger partial charge in [0, 0.05) is 12.6 Å². The average molecular weight is 345 g/mol. The van der Waals surface area contributed by atoms with Gasteiger partial charge in [0.2, 0.25) is 10.0 Å². The number of sulfonamides is 1. The summed E-state index contributed by atoms with van der Waals surface area (Å²) in [5.41, 5.74) is 2.22. The molecule has 2 aromatic rings. The van der Waals surface area contributed by atoms with E-state index in [1.54, 1.807) is 35.7 Å². The van der Waals surface area contributed by atoms with E-state index in [2.05, 4.69) is 6.07 Å². The zero-order valence-electron chi connectivity index (χ0n) is 14.1. The van der Waals surface area contributed by atoms with Gasteiger partial charge in [0.05, 0.1) is 12.0 Å². The molecule has 1 aliphatic rings. The van der Waals surface area contributed by atoms with Crippen LogP contribution in [0.4, 0.5) is 0 Å². The predicted octanol–water partition coefficient (Wildman–Crippen LogP) is 3.40. The molecule has 1 unspecified atom stereocenters. The molecule has 0 aliphatic carbocycles. The van der Waals surface area contributed by atoms with Crippen LogP contribution in [0.15, 0.2) is 53.4 Å². The minimum absolute atomic E-state index is 0.0167. The van der Waals surface area contributed by atoms with E-state index >= 15 is 0 Å². The molecule has 1 fully saturated rings. The molecule has 1 saturated heterocycles. The van der Waals surface area contributed by atoms with Crippen LogP contribution in [0.1, 0.15) is 24.0 Å². The highest BCUT2D eigenvalue weighted by atomic mass is 32.2. The van der Waals surface area contributed by atoms with Crippen LogP contribution >= 0.6 is 0 Å². The predicted molar refractivity (Wildman–Crippen MR) is 94.8 cm³/mol. The SMILES string of the molecule is COc1ccc(CC2CCCN2S(=O)(=O)c2ccccc2)cc1C. The van der Waals surface area contributed by atoms with Crippen molar-refractivity contribution in [1.82, 2.24) is 4.31 Å². The first-order valence-electron chi connectivity index (χ1n) is 8.23. The van der Waals surface area contributed by atoms with Gasteiger partial charge in [0.15, 0.2) is 0 Å². The summed E-state index contributed by atoms with van der Waals surface area (Å²) in [6.07, 6.45) is 2.54. The van der Waals surface area contributed by atoms with Crippen LogP contribution in [0.25, 0.3) is 0 Å². The van der Waals surface area contributed by atoms with Gasteiger partial charge in [-0.3, -0.25) is 0 Å². The standard InChI is InChI=1S/C19H23NO3S/c1-15-13-16(10-11-19(15)23-2)14-17-7-6-12-20(17)24(21,22)18-8-4-3-5-9-18/h3-5,8-11,13,17H,6-7,12,14H2,1-2H3. The number of methoxy groups -OCH3 is 1. The van der Waals surface area contributed by atoms with E-state index in [0.29, 0.717) is 11.4 Å². The van der Waals surface area contributed by atoms with Crippen molar-refractivity contribution in [2.45, 2.75) is 37.1 Å². The minimum Gasteiger partial charge on any atom is -0.496 e. The first kappa shape index (κ1) is 17.0. The monoisotopic (exact) mass is 345 g/mol. The molecule has 0 amide bonds. The van der Waals surface area contributed by atoms with Gasteiger partial charge in [-0.15, -0.1) is 0 Å². The third-order valence-electron chi connectivity index (χ3n) is 4.60. The van der Waals surface area contributed by atoms with Crippen molar-refractivity contribution < 1.29 is 13.2 Å². The second-order valence-corrected chi connectivity index (χ2v) is 8.12. The van der Waals surface area contributed by atoms with Gasteiger partial charge < -0.3 is 4.74 Å². The maximum Gasteiger partial charge on any atom is 0.243 e. The fraction of sp³-hybridized carbons (Fsp3) is 0.368. The van der Waals surface area contributed by atoms with Crippen LogP contribution in [-0.2, 0) is 16.4 Å². The highest BCUT2D eigenvalue weighted by molar-refractivity contribution is 7.89. The minimum atomic E-state index is -3.42. The molecule has 0 bridgehead atoms. The molecule has 3 rings (SSSR count). The molecule has 1 atom stereocenters. The number of nitrogens with zero attached hydrogens (tertiary/aromatic N) is 1. The number of ether oxygens (including phenoxy) is 1. The maximum absolute atomic E-state index is 12.9. The van der Waals surface area contributed by atoms with E-state index in [0.717, 1.165) is 36.1 Å². The van der Waals surface area contributed by atoms with Gasteiger partial charge in [-0.1, -0.05) is 30.3 Å². The first-order chi connectivity index (χ1) is 11.5. The summed E-state index contributed by atoms with van der Waals surface area (Å²) in [5, 5.41) is 0. The van der Waals surface area contributed by atoms with Crippen molar-refractivity contribution in [3.05, 3.63) is 59.7 Å². The van der Waals surface area contributed by atoms with Crippen molar-refractivity contribution >= 4 is 10.0 Å². The number of hydrogen-bond donors (Lipinski definition) is 0. The summed E-state index contributed by atoms with van der Waals surface area (Å²) in [6.45, 7) is 2.60. The van der Waals surface area contributed by atoms with Crippen LogP contribution in [0.3, 0.4) is 0 Å². The smallest absolute Gasteiger partial charge is 0.243 e. The molecule has 128 valence electrons. The maximum atomic E-state index is 12.9. The molecule has 0 radical (unpaired) electrons. The highest BCUT2D eigenvalue weighted by Gasteiger charge is 2.35. The van der Waals surface area contributed by atoms with E-state index in [1.165, 1.54) is 0 Å². The normalized spacial score (nSPS) is 18.7. The largest absolute Gasteiger partial charge is 0.496 e. The molecule has 0 N–H and O–H groups in total. The molecule has 2 aromatic carbocycles. The summed E-state index contributed by atoms with van der Waals surface area (Å²) >= 11 is 0. The summed E-state index contributed by atoms with van der Waals surface area (Å²) in [6, 6.07) is 14.8. The highest BCUT2D eigenvalue weighted by Crippen LogP contribution is 2.29. The molecule has 24 heavy (non-hydrogen) atoms. The summed E-state index contributed by atoms with van der Waals surface area (Å²) in [7, 11) is -1.76. The Bertz CT molecular complexity index is 803. The molecule has 1 heterocycles. The molecular weight excluding hydrogens is 322 g/mol. The van der Waals surface area contributed by atoms with Crippen LogP contribution in [0, 0.1) is 6.92 Å². The van der Waals surface area contributed by atoms with Gasteiger partial charge in [0.1, 0.15) is 5.75 Å². The van der Waals surface area contributed by atoms with Crippen molar-refractivity contribution in [1.29, 1.82) is 0 Å². The van der Waals surface area contributed by atoms with Gasteiger partial charge >= 0.3 is 0 Å². The fourth-order valence-electron chi connectivity index (χ4n) is 3.40. The number of benzene rings is 2. The van der Waals surface area contributed by atoms with Gasteiger partial charge in [-0.2, -0.15) is 4.31 Å². The van der Waals surface area contributed by atoms with E-state index in [-0.39, 0.29) is 6.04 Å². The lowest BCUT2D eigenvalue weighted by atomic mass is 10.0. The van der Waals surface area contributed by atoms with Gasteiger partial charge in [0.25, 0.3) is 0 Å². The Kier molecular flexibility index (Phi) is 4.92. The van der Waals surface area contributed by atoms with Crippen LogP contribution in [-0.4, -0.2) is 32.4 Å². The van der Waals surface area contributed by atoms with Crippen LogP contribution in [0.2, 0.25) is 0 Å². The van der Waals surface area contributed by atoms with Crippen molar-refractivity contribution in [3.63, 3.8) is 0 Å². The zero-order chi connectivity index (χ0) is 17.2. The Morgan fingerprint density at radius 3 is 2.58 bits per heavy atom. The van der Waals surface area contributed by atoms with Crippen LogP contribution in [0.5, 0.6) is 5.75 Å². The Morgan fingerprint density at radius 2 is 1.92 bits per heavy atom. The topological polar surface area (TPSA) is 46.6 Å². The lowest BCUT2D eigenvalue weighted by Crippen LogP contribution is -2.36. The van der Waals surface area contributed by atoms with Crippen molar-refractivity contribution in [3.8, 4) is 5.75 Å². The van der Waals surface area contributed by atoms with Crippen LogP contribution < -0.4 is 4.74 Å². The molecular formula is C19H23NO3S. The number of rotatable bonds is 5. The third kappa shape index (κ3) is 3.32. The van der Waals surface area contributed by atoms with E-state index in [9.17, 15) is 8.42 Å². The van der Waals surface area contributed by atoms with Crippen molar-refractivity contribution in [2.24, 2.45) is 0 Å². The molecule has 0 spiro atoms. The van der Waals surface area contributed by atoms with E-state index in [4.69, 9.17) is 4.74 Å². The quantitative estimate of drug-likeness (QED) is 0.834. The zero-order valence-corrected chi connectivity index (χ0v) is 14.9. The van der Waals surface area contributed by atoms with Gasteiger partial charge in [-0.05, 0) is 55.5 Å². The summed E-state index contributed by atoms with van der Waals surface area (Å²) < 4.78 is 32.8. The Hall–Kier alpha value is -1.85. The lowest BCUT2D eigenvalue weighted by Gasteiger charge is -2.24. The summed E-state index contributed by atoms with van der Waals surface area (Å²) in [5.74, 6) is 0.860. The van der Waals surface area contributed by atoms with Crippen molar-refractivity contribution in [2.75, 3.05) is 13.7 Å². The average Bonchev–Trinajstić information content (AvgIpc) is 3.05. The molecule has 1 aliphatic heterocycles. The molecule has 4 nitrogen and oxygen atoms in total. The molecule has 0 saturated carbocycles. The molecule has 5 heteroatoms. The Morgan fingerprint density at radius 1 is 1.17 bits per heavy atom. The van der Waals surface area contributed by atoms with Gasteiger partial charge in [-0.25, -0.2) is 8.42 Å². The fourth-order valence-corrected chi connectivity index (χ4v) is 5.11. The lowest BCUT2D eigenvalue weighted by molar-refractivity contribution is 0.385. The number of hydrogen-bond acceptors (Lipinski definition) is 3. The Labute approximate surface area is 144 Å². The third-order valence-corrected chi connectivity index (χ3v) is 6.57. The van der Waals surface area contributed by atoms with E-state index < -0.39 is 10.0 Å². The number of aryl methyl sites for hydroxylation is 1. The molecule has 0 aromatic heterocycles. The first-order valence-corrected chi connectivity index (χ1v) is 9.67. The summed E-state index contributed by atoms with van der Waals surface area (Å²) in [4.78, 5) is 0.378. The van der Waals surface area contributed by atoms with E-state index in [1.807, 2.05) is 25.1 Å². The Balaban J connectivity index is 1.82.